The maximum atomic E-state index is 13.1. The summed E-state index contributed by atoms with van der Waals surface area (Å²) in [6.45, 7) is 1.69. The third-order valence-corrected chi connectivity index (χ3v) is 2.96. The quantitative estimate of drug-likeness (QED) is 0.778. The molecule has 0 saturated heterocycles. The van der Waals surface area contributed by atoms with Crippen molar-refractivity contribution >= 4 is 11.9 Å². The van der Waals surface area contributed by atoms with Crippen molar-refractivity contribution in [3.8, 4) is 0 Å². The van der Waals surface area contributed by atoms with Crippen molar-refractivity contribution in [3.05, 3.63) is 35.4 Å². The smallest absolute Gasteiger partial charge is 0.325 e. The SMILES string of the molecule is CCOC(=O)CN(C(=O)c1cc(F)cc(F)c1)C1CC1. The lowest BCUT2D eigenvalue weighted by molar-refractivity contribution is -0.144. The third-order valence-electron chi connectivity index (χ3n) is 2.96. The first-order chi connectivity index (χ1) is 9.51. The lowest BCUT2D eigenvalue weighted by atomic mass is 10.2. The highest BCUT2D eigenvalue weighted by Crippen LogP contribution is 2.28. The van der Waals surface area contributed by atoms with Crippen molar-refractivity contribution < 1.29 is 23.1 Å². The molecule has 1 saturated carbocycles. The number of nitrogens with zero attached hydrogens (tertiary/aromatic N) is 1. The van der Waals surface area contributed by atoms with Crippen molar-refractivity contribution in [3.63, 3.8) is 0 Å². The summed E-state index contributed by atoms with van der Waals surface area (Å²) in [4.78, 5) is 25.1. The van der Waals surface area contributed by atoms with Crippen LogP contribution in [0.25, 0.3) is 0 Å². The normalized spacial score (nSPS) is 13.9. The average molecular weight is 283 g/mol. The summed E-state index contributed by atoms with van der Waals surface area (Å²) in [6, 6.07) is 2.57. The monoisotopic (exact) mass is 283 g/mol. The fraction of sp³-hybridized carbons (Fsp3) is 0.429. The number of carbonyl (C=O) groups is 2. The van der Waals surface area contributed by atoms with E-state index in [0.29, 0.717) is 6.07 Å². The van der Waals surface area contributed by atoms with E-state index in [-0.39, 0.29) is 24.8 Å². The van der Waals surface area contributed by atoms with Crippen LogP contribution in [0, 0.1) is 11.6 Å². The van der Waals surface area contributed by atoms with Crippen LogP contribution in [0.2, 0.25) is 0 Å². The molecule has 2 rings (SSSR count). The minimum absolute atomic E-state index is 0.0572. The summed E-state index contributed by atoms with van der Waals surface area (Å²) in [6.07, 6.45) is 1.56. The van der Waals surface area contributed by atoms with Crippen LogP contribution in [0.15, 0.2) is 18.2 Å². The molecule has 0 heterocycles. The van der Waals surface area contributed by atoms with Crippen LogP contribution in [0.3, 0.4) is 0 Å². The topological polar surface area (TPSA) is 46.6 Å². The molecule has 0 atom stereocenters. The highest BCUT2D eigenvalue weighted by Gasteiger charge is 2.34. The van der Waals surface area contributed by atoms with E-state index in [0.717, 1.165) is 25.0 Å². The Bertz CT molecular complexity index is 509. The molecular formula is C14H15F2NO3. The highest BCUT2D eigenvalue weighted by molar-refractivity contribution is 5.96. The van der Waals surface area contributed by atoms with Gasteiger partial charge in [-0.3, -0.25) is 9.59 Å². The summed E-state index contributed by atoms with van der Waals surface area (Å²) in [5.41, 5.74) is -0.0984. The van der Waals surface area contributed by atoms with Crippen LogP contribution in [0.1, 0.15) is 30.1 Å². The molecule has 1 aliphatic rings. The molecule has 1 aromatic rings. The molecule has 20 heavy (non-hydrogen) atoms. The van der Waals surface area contributed by atoms with Gasteiger partial charge in [0.2, 0.25) is 0 Å². The molecule has 4 nitrogen and oxygen atoms in total. The first-order valence-corrected chi connectivity index (χ1v) is 6.44. The molecular weight excluding hydrogens is 268 g/mol. The number of rotatable bonds is 5. The van der Waals surface area contributed by atoms with E-state index in [9.17, 15) is 18.4 Å². The van der Waals surface area contributed by atoms with Gasteiger partial charge < -0.3 is 9.64 Å². The molecule has 1 aromatic carbocycles. The van der Waals surface area contributed by atoms with Gasteiger partial charge in [-0.25, -0.2) is 8.78 Å². The summed E-state index contributed by atoms with van der Waals surface area (Å²) >= 11 is 0. The van der Waals surface area contributed by atoms with Gasteiger partial charge in [0.15, 0.2) is 0 Å². The lowest BCUT2D eigenvalue weighted by Gasteiger charge is -2.21. The van der Waals surface area contributed by atoms with Gasteiger partial charge in [-0.05, 0) is 31.9 Å². The van der Waals surface area contributed by atoms with E-state index in [2.05, 4.69) is 0 Å². The highest BCUT2D eigenvalue weighted by atomic mass is 19.1. The number of halogens is 2. The molecule has 0 aromatic heterocycles. The number of amides is 1. The van der Waals surface area contributed by atoms with E-state index in [1.54, 1.807) is 6.92 Å². The molecule has 0 unspecified atom stereocenters. The van der Waals surface area contributed by atoms with E-state index in [4.69, 9.17) is 4.74 Å². The Morgan fingerprint density at radius 3 is 2.35 bits per heavy atom. The van der Waals surface area contributed by atoms with Crippen molar-refractivity contribution in [2.24, 2.45) is 0 Å². The van der Waals surface area contributed by atoms with Crippen molar-refractivity contribution in [2.45, 2.75) is 25.8 Å². The van der Waals surface area contributed by atoms with Crippen LogP contribution in [0.4, 0.5) is 8.78 Å². The van der Waals surface area contributed by atoms with E-state index in [1.165, 1.54) is 4.90 Å². The molecule has 1 amide bonds. The van der Waals surface area contributed by atoms with Gasteiger partial charge in [-0.2, -0.15) is 0 Å². The lowest BCUT2D eigenvalue weighted by Crippen LogP contribution is -2.38. The third kappa shape index (κ3) is 3.53. The van der Waals surface area contributed by atoms with Crippen LogP contribution in [-0.4, -0.2) is 36.0 Å². The second-order valence-corrected chi connectivity index (χ2v) is 4.63. The fourth-order valence-electron chi connectivity index (χ4n) is 1.94. The number of hydrogen-bond donors (Lipinski definition) is 0. The molecule has 108 valence electrons. The van der Waals surface area contributed by atoms with Crippen LogP contribution in [0.5, 0.6) is 0 Å². The number of benzene rings is 1. The summed E-state index contributed by atoms with van der Waals surface area (Å²) in [5.74, 6) is -2.72. The van der Waals surface area contributed by atoms with Crippen molar-refractivity contribution in [2.75, 3.05) is 13.2 Å². The van der Waals surface area contributed by atoms with Gasteiger partial charge in [0.1, 0.15) is 18.2 Å². The summed E-state index contributed by atoms with van der Waals surface area (Å²) < 4.78 is 31.1. The largest absolute Gasteiger partial charge is 0.465 e. The van der Waals surface area contributed by atoms with E-state index in [1.807, 2.05) is 0 Å². The summed E-state index contributed by atoms with van der Waals surface area (Å²) in [5, 5.41) is 0. The van der Waals surface area contributed by atoms with E-state index >= 15 is 0 Å². The van der Waals surface area contributed by atoms with Crippen LogP contribution in [-0.2, 0) is 9.53 Å². The molecule has 1 aliphatic carbocycles. The van der Waals surface area contributed by atoms with Crippen LogP contribution >= 0.6 is 0 Å². The van der Waals surface area contributed by atoms with E-state index < -0.39 is 23.5 Å². The number of ether oxygens (including phenoxy) is 1. The Kier molecular flexibility index (Phi) is 4.32. The number of esters is 1. The molecule has 6 heteroatoms. The van der Waals surface area contributed by atoms with Gasteiger partial charge in [-0.15, -0.1) is 0 Å². The fourth-order valence-corrected chi connectivity index (χ4v) is 1.94. The first kappa shape index (κ1) is 14.4. The molecule has 0 bridgehead atoms. The van der Waals surface area contributed by atoms with Gasteiger partial charge in [0.05, 0.1) is 6.61 Å². The number of carbonyl (C=O) groups excluding carboxylic acids is 2. The van der Waals surface area contributed by atoms with Crippen molar-refractivity contribution in [1.29, 1.82) is 0 Å². The van der Waals surface area contributed by atoms with Gasteiger partial charge in [-0.1, -0.05) is 0 Å². The van der Waals surface area contributed by atoms with Gasteiger partial charge in [0.25, 0.3) is 5.91 Å². The maximum Gasteiger partial charge on any atom is 0.325 e. The van der Waals surface area contributed by atoms with Crippen LogP contribution < -0.4 is 0 Å². The zero-order valence-corrected chi connectivity index (χ0v) is 11.1. The van der Waals surface area contributed by atoms with Gasteiger partial charge in [0, 0.05) is 17.7 Å². The Hall–Kier alpha value is -1.98. The van der Waals surface area contributed by atoms with Gasteiger partial charge >= 0.3 is 5.97 Å². The minimum atomic E-state index is -0.819. The predicted octanol–water partition coefficient (Wildman–Crippen LogP) is 2.13. The minimum Gasteiger partial charge on any atom is -0.465 e. The average Bonchev–Trinajstić information content (AvgIpc) is 3.18. The Balaban J connectivity index is 2.16. The number of hydrogen-bond acceptors (Lipinski definition) is 3. The second kappa shape index (κ2) is 5.98. The second-order valence-electron chi connectivity index (χ2n) is 4.63. The molecule has 1 fully saturated rings. The maximum absolute atomic E-state index is 13.1. The predicted molar refractivity (Wildman–Crippen MR) is 67.0 cm³/mol. The Morgan fingerprint density at radius 1 is 1.25 bits per heavy atom. The Morgan fingerprint density at radius 2 is 1.85 bits per heavy atom. The molecule has 0 N–H and O–H groups in total. The molecule has 0 spiro atoms. The zero-order valence-electron chi connectivity index (χ0n) is 11.1. The van der Waals surface area contributed by atoms with Crippen molar-refractivity contribution in [1.82, 2.24) is 4.90 Å². The zero-order chi connectivity index (χ0) is 14.7. The molecule has 0 aliphatic heterocycles. The standard InChI is InChI=1S/C14H15F2NO3/c1-2-20-13(18)8-17(12-3-4-12)14(19)9-5-10(15)7-11(16)6-9/h5-7,12H,2-4,8H2,1H3. The Labute approximate surface area is 115 Å². The molecule has 0 radical (unpaired) electrons. The first-order valence-electron chi connectivity index (χ1n) is 6.44. The summed E-state index contributed by atoms with van der Waals surface area (Å²) in [7, 11) is 0.